The fourth-order valence-corrected chi connectivity index (χ4v) is 2.55. The summed E-state index contributed by atoms with van der Waals surface area (Å²) in [5.41, 5.74) is -0.440. The number of benzene rings is 2. The molecular formula is C15H11N3O4. The van der Waals surface area contributed by atoms with Gasteiger partial charge in [-0.15, -0.1) is 0 Å². The van der Waals surface area contributed by atoms with E-state index in [0.29, 0.717) is 11.1 Å². The minimum absolute atomic E-state index is 0.0864. The number of nitro benzene ring substituents is 1. The number of nitro groups is 1. The molecule has 1 heterocycles. The maximum atomic E-state index is 12.4. The minimum atomic E-state index is -1.38. The van der Waals surface area contributed by atoms with Gasteiger partial charge in [-0.1, -0.05) is 30.3 Å². The number of carbonyl (C=O) groups excluding carboxylic acids is 2. The highest BCUT2D eigenvalue weighted by atomic mass is 16.6. The van der Waals surface area contributed by atoms with Gasteiger partial charge in [0.15, 0.2) is 5.54 Å². The van der Waals surface area contributed by atoms with Gasteiger partial charge < -0.3 is 5.32 Å². The number of urea groups is 1. The molecule has 2 aromatic rings. The molecule has 0 aromatic heterocycles. The topological polar surface area (TPSA) is 101 Å². The second-order valence-corrected chi connectivity index (χ2v) is 4.83. The Morgan fingerprint density at radius 2 is 1.50 bits per heavy atom. The predicted octanol–water partition coefficient (Wildman–Crippen LogP) is 1.68. The van der Waals surface area contributed by atoms with E-state index < -0.39 is 22.4 Å². The summed E-state index contributed by atoms with van der Waals surface area (Å²) >= 11 is 0. The molecule has 2 aromatic carbocycles. The van der Waals surface area contributed by atoms with Gasteiger partial charge in [0.2, 0.25) is 0 Å². The Labute approximate surface area is 125 Å². The minimum Gasteiger partial charge on any atom is -0.316 e. The Morgan fingerprint density at radius 3 is 2.00 bits per heavy atom. The Morgan fingerprint density at radius 1 is 0.909 bits per heavy atom. The summed E-state index contributed by atoms with van der Waals surface area (Å²) in [4.78, 5) is 34.3. The average molecular weight is 297 g/mol. The van der Waals surface area contributed by atoms with Gasteiger partial charge in [0.25, 0.3) is 11.6 Å². The van der Waals surface area contributed by atoms with Crippen LogP contribution in [-0.4, -0.2) is 16.9 Å². The average Bonchev–Trinajstić information content (AvgIpc) is 2.84. The van der Waals surface area contributed by atoms with Crippen LogP contribution in [0.15, 0.2) is 54.6 Å². The first kappa shape index (κ1) is 13.7. The van der Waals surface area contributed by atoms with Crippen molar-refractivity contribution in [3.05, 3.63) is 75.8 Å². The third kappa shape index (κ3) is 1.99. The van der Waals surface area contributed by atoms with E-state index in [2.05, 4.69) is 10.6 Å². The summed E-state index contributed by atoms with van der Waals surface area (Å²) in [6, 6.07) is 13.7. The number of rotatable bonds is 3. The molecule has 1 fully saturated rings. The Kier molecular flexibility index (Phi) is 3.10. The van der Waals surface area contributed by atoms with Gasteiger partial charge in [-0.3, -0.25) is 20.2 Å². The first-order valence-electron chi connectivity index (χ1n) is 6.48. The summed E-state index contributed by atoms with van der Waals surface area (Å²) in [6.07, 6.45) is 0. The van der Waals surface area contributed by atoms with Gasteiger partial charge in [0, 0.05) is 12.1 Å². The summed E-state index contributed by atoms with van der Waals surface area (Å²) < 4.78 is 0. The van der Waals surface area contributed by atoms with Crippen molar-refractivity contribution >= 4 is 17.6 Å². The predicted molar refractivity (Wildman–Crippen MR) is 77.0 cm³/mol. The second-order valence-electron chi connectivity index (χ2n) is 4.83. The van der Waals surface area contributed by atoms with Crippen LogP contribution in [0.5, 0.6) is 0 Å². The quantitative estimate of drug-likeness (QED) is 0.511. The molecule has 110 valence electrons. The van der Waals surface area contributed by atoms with E-state index in [-0.39, 0.29) is 5.69 Å². The zero-order valence-corrected chi connectivity index (χ0v) is 11.3. The Hall–Kier alpha value is -3.22. The fourth-order valence-electron chi connectivity index (χ4n) is 2.55. The smallest absolute Gasteiger partial charge is 0.316 e. The third-order valence-electron chi connectivity index (χ3n) is 3.59. The van der Waals surface area contributed by atoms with Gasteiger partial charge in [0.1, 0.15) is 0 Å². The van der Waals surface area contributed by atoms with Crippen molar-refractivity contribution in [3.63, 3.8) is 0 Å². The van der Waals surface area contributed by atoms with Crippen molar-refractivity contribution in [1.82, 2.24) is 10.6 Å². The molecule has 1 aliphatic heterocycles. The van der Waals surface area contributed by atoms with Crippen LogP contribution in [-0.2, 0) is 10.3 Å². The molecule has 0 bridgehead atoms. The van der Waals surface area contributed by atoms with Crippen LogP contribution in [0.3, 0.4) is 0 Å². The standard InChI is InChI=1S/C15H11N3O4/c19-13-15(17-14(20)16-13,10-4-2-1-3-5-10)11-6-8-12(9-7-11)18(21)22/h1-9H,(H2,16,17,19,20). The zero-order valence-electron chi connectivity index (χ0n) is 11.3. The van der Waals surface area contributed by atoms with Crippen LogP contribution in [0.2, 0.25) is 0 Å². The summed E-state index contributed by atoms with van der Waals surface area (Å²) in [5, 5.41) is 15.6. The van der Waals surface area contributed by atoms with Crippen molar-refractivity contribution in [3.8, 4) is 0 Å². The van der Waals surface area contributed by atoms with Crippen LogP contribution < -0.4 is 10.6 Å². The monoisotopic (exact) mass is 297 g/mol. The molecule has 2 N–H and O–H groups in total. The lowest BCUT2D eigenvalue weighted by molar-refractivity contribution is -0.384. The molecule has 1 atom stereocenters. The van der Waals surface area contributed by atoms with Crippen molar-refractivity contribution in [2.45, 2.75) is 5.54 Å². The second kappa shape index (κ2) is 4.96. The molecule has 7 heteroatoms. The summed E-state index contributed by atoms with van der Waals surface area (Å²) in [5.74, 6) is -0.516. The number of hydrogen-bond acceptors (Lipinski definition) is 4. The van der Waals surface area contributed by atoms with Crippen molar-refractivity contribution < 1.29 is 14.5 Å². The van der Waals surface area contributed by atoms with E-state index >= 15 is 0 Å². The number of amides is 3. The van der Waals surface area contributed by atoms with Gasteiger partial charge in [0.05, 0.1) is 4.92 Å². The molecule has 1 unspecified atom stereocenters. The van der Waals surface area contributed by atoms with E-state index in [0.717, 1.165) is 0 Å². The molecule has 7 nitrogen and oxygen atoms in total. The summed E-state index contributed by atoms with van der Waals surface area (Å²) in [7, 11) is 0. The Balaban J connectivity index is 2.17. The van der Waals surface area contributed by atoms with Gasteiger partial charge in [-0.25, -0.2) is 4.79 Å². The van der Waals surface area contributed by atoms with Gasteiger partial charge >= 0.3 is 6.03 Å². The van der Waals surface area contributed by atoms with E-state index in [4.69, 9.17) is 0 Å². The molecule has 0 radical (unpaired) electrons. The maximum absolute atomic E-state index is 12.4. The normalized spacial score (nSPS) is 20.4. The molecule has 1 saturated heterocycles. The first-order valence-corrected chi connectivity index (χ1v) is 6.48. The molecule has 0 aliphatic carbocycles. The van der Waals surface area contributed by atoms with Crippen LogP contribution >= 0.6 is 0 Å². The van der Waals surface area contributed by atoms with Crippen LogP contribution in [0.25, 0.3) is 0 Å². The molecule has 0 saturated carbocycles. The molecule has 3 rings (SSSR count). The van der Waals surface area contributed by atoms with E-state index in [1.165, 1.54) is 24.3 Å². The number of nitrogens with zero attached hydrogens (tertiary/aromatic N) is 1. The lowest BCUT2D eigenvalue weighted by Crippen LogP contribution is -2.44. The zero-order chi connectivity index (χ0) is 15.7. The number of carbonyl (C=O) groups is 2. The van der Waals surface area contributed by atoms with Crippen molar-refractivity contribution in [2.75, 3.05) is 0 Å². The highest BCUT2D eigenvalue weighted by molar-refractivity contribution is 6.09. The van der Waals surface area contributed by atoms with Gasteiger partial charge in [-0.2, -0.15) is 0 Å². The van der Waals surface area contributed by atoms with E-state index in [1.807, 2.05) is 0 Å². The lowest BCUT2D eigenvalue weighted by atomic mass is 9.83. The van der Waals surface area contributed by atoms with Crippen LogP contribution in [0.4, 0.5) is 10.5 Å². The molecular weight excluding hydrogens is 286 g/mol. The fraction of sp³-hybridized carbons (Fsp3) is 0.0667. The molecule has 22 heavy (non-hydrogen) atoms. The number of non-ortho nitro benzene ring substituents is 1. The SMILES string of the molecule is O=C1NC(=O)C(c2ccccc2)(c2ccc([N+](=O)[O-])cc2)N1. The Bertz CT molecular complexity index is 758. The van der Waals surface area contributed by atoms with Crippen LogP contribution in [0.1, 0.15) is 11.1 Å². The number of hydrogen-bond donors (Lipinski definition) is 2. The maximum Gasteiger partial charge on any atom is 0.322 e. The highest BCUT2D eigenvalue weighted by Gasteiger charge is 2.49. The first-order chi connectivity index (χ1) is 10.5. The number of imide groups is 1. The lowest BCUT2D eigenvalue weighted by Gasteiger charge is -2.27. The van der Waals surface area contributed by atoms with E-state index in [9.17, 15) is 19.7 Å². The molecule has 1 aliphatic rings. The molecule has 0 spiro atoms. The van der Waals surface area contributed by atoms with Gasteiger partial charge in [-0.05, 0) is 23.3 Å². The number of nitrogens with one attached hydrogen (secondary N) is 2. The third-order valence-corrected chi connectivity index (χ3v) is 3.59. The van der Waals surface area contributed by atoms with Crippen molar-refractivity contribution in [1.29, 1.82) is 0 Å². The van der Waals surface area contributed by atoms with Crippen molar-refractivity contribution in [2.24, 2.45) is 0 Å². The van der Waals surface area contributed by atoms with Crippen LogP contribution in [0, 0.1) is 10.1 Å². The summed E-state index contributed by atoms with van der Waals surface area (Å²) in [6.45, 7) is 0. The van der Waals surface area contributed by atoms with E-state index in [1.54, 1.807) is 30.3 Å². The molecule has 3 amide bonds. The largest absolute Gasteiger partial charge is 0.322 e. The highest BCUT2D eigenvalue weighted by Crippen LogP contribution is 2.33.